The van der Waals surface area contributed by atoms with Crippen molar-refractivity contribution in [3.8, 4) is 11.5 Å². The molecule has 0 fully saturated rings. The van der Waals surface area contributed by atoms with Crippen molar-refractivity contribution in [1.29, 1.82) is 0 Å². The smallest absolute Gasteiger partial charge is 0.269 e. The van der Waals surface area contributed by atoms with E-state index in [1.807, 2.05) is 31.2 Å². The van der Waals surface area contributed by atoms with E-state index in [-0.39, 0.29) is 23.8 Å². The van der Waals surface area contributed by atoms with Crippen molar-refractivity contribution in [3.63, 3.8) is 0 Å². The molecule has 4 rings (SSSR count). The van der Waals surface area contributed by atoms with Crippen LogP contribution in [-0.4, -0.2) is 10.7 Å². The Kier molecular flexibility index (Phi) is 5.37. The number of Topliss-reactive ketones (excluding diaryl/α,β-unsaturated/α-hetero) is 1. The van der Waals surface area contributed by atoms with Crippen LogP contribution < -0.4 is 9.47 Å². The summed E-state index contributed by atoms with van der Waals surface area (Å²) in [7, 11) is 0. The first-order valence-electron chi connectivity index (χ1n) is 9.12. The van der Waals surface area contributed by atoms with Crippen LogP contribution in [0.2, 0.25) is 0 Å². The Morgan fingerprint density at radius 3 is 2.57 bits per heavy atom. The number of halogens is 1. The van der Waals surface area contributed by atoms with E-state index in [0.717, 1.165) is 21.2 Å². The Morgan fingerprint density at radius 2 is 1.87 bits per heavy atom. The average molecular weight is 466 g/mol. The zero-order valence-corrected chi connectivity index (χ0v) is 17.5. The van der Waals surface area contributed by atoms with Gasteiger partial charge in [0.25, 0.3) is 5.69 Å². The molecule has 0 unspecified atom stereocenters. The van der Waals surface area contributed by atoms with E-state index in [4.69, 9.17) is 9.47 Å². The predicted molar refractivity (Wildman–Crippen MR) is 116 cm³/mol. The maximum absolute atomic E-state index is 12.8. The van der Waals surface area contributed by atoms with Gasteiger partial charge in [0.05, 0.1) is 10.5 Å². The summed E-state index contributed by atoms with van der Waals surface area (Å²) in [6.45, 7) is 2.07. The number of nitrogens with zero attached hydrogens (tertiary/aromatic N) is 1. The molecule has 0 bridgehead atoms. The Hall–Kier alpha value is -3.45. The van der Waals surface area contributed by atoms with E-state index in [1.54, 1.807) is 30.3 Å². The normalized spacial score (nSPS) is 13.8. The van der Waals surface area contributed by atoms with Crippen molar-refractivity contribution in [3.05, 3.63) is 103 Å². The summed E-state index contributed by atoms with van der Waals surface area (Å²) in [5.41, 5.74) is 2.96. The summed E-state index contributed by atoms with van der Waals surface area (Å²) in [5, 5.41) is 10.8. The molecule has 0 N–H and O–H groups in total. The molecule has 0 radical (unpaired) electrons. The van der Waals surface area contributed by atoms with Gasteiger partial charge in [-0.1, -0.05) is 34.1 Å². The van der Waals surface area contributed by atoms with Gasteiger partial charge in [0.2, 0.25) is 5.78 Å². The molecule has 7 heteroatoms. The lowest BCUT2D eigenvalue weighted by atomic mass is 10.0. The number of ether oxygens (including phenoxy) is 2. The lowest BCUT2D eigenvalue weighted by Gasteiger charge is -2.09. The van der Waals surface area contributed by atoms with Gasteiger partial charge in [0, 0.05) is 22.7 Å². The number of non-ortho nitro benzene ring substituents is 1. The fourth-order valence-electron chi connectivity index (χ4n) is 3.17. The Morgan fingerprint density at radius 1 is 1.13 bits per heavy atom. The number of allylic oxidation sites excluding steroid dienone is 1. The van der Waals surface area contributed by atoms with Crippen LogP contribution in [-0.2, 0) is 6.61 Å². The van der Waals surface area contributed by atoms with Crippen molar-refractivity contribution in [2.75, 3.05) is 0 Å². The van der Waals surface area contributed by atoms with Crippen LogP contribution in [0.25, 0.3) is 6.08 Å². The molecule has 6 nitrogen and oxygen atoms in total. The third kappa shape index (κ3) is 3.97. The maximum Gasteiger partial charge on any atom is 0.269 e. The molecule has 1 aliphatic rings. The minimum absolute atomic E-state index is 0.0309. The molecule has 0 saturated carbocycles. The topological polar surface area (TPSA) is 78.7 Å². The van der Waals surface area contributed by atoms with E-state index < -0.39 is 4.92 Å². The molecule has 1 heterocycles. The highest BCUT2D eigenvalue weighted by Crippen LogP contribution is 2.38. The van der Waals surface area contributed by atoms with Crippen molar-refractivity contribution >= 4 is 33.5 Å². The standard InChI is InChI=1S/C23H16BrNO5/c1-14-10-18(29-13-15-6-8-17(9-7-15)25(27)28)12-20-22(14)23(26)21(30-20)11-16-4-2-3-5-19(16)24/h2-12H,13H2,1H3/b21-11-. The van der Waals surface area contributed by atoms with Crippen LogP contribution in [0.1, 0.15) is 27.0 Å². The van der Waals surface area contributed by atoms with E-state index in [0.29, 0.717) is 17.1 Å². The summed E-state index contributed by atoms with van der Waals surface area (Å²) in [6.07, 6.45) is 1.71. The van der Waals surface area contributed by atoms with Crippen LogP contribution in [0.3, 0.4) is 0 Å². The minimum atomic E-state index is -0.443. The highest BCUT2D eigenvalue weighted by atomic mass is 79.9. The second-order valence-corrected chi connectivity index (χ2v) is 7.64. The molecule has 1 aliphatic heterocycles. The van der Waals surface area contributed by atoms with Gasteiger partial charge >= 0.3 is 0 Å². The Labute approximate surface area is 181 Å². The van der Waals surface area contributed by atoms with Crippen LogP contribution in [0.4, 0.5) is 5.69 Å². The van der Waals surface area contributed by atoms with Crippen LogP contribution >= 0.6 is 15.9 Å². The first-order valence-corrected chi connectivity index (χ1v) is 9.91. The predicted octanol–water partition coefficient (Wildman–Crippen LogP) is 5.86. The van der Waals surface area contributed by atoms with Gasteiger partial charge < -0.3 is 9.47 Å². The van der Waals surface area contributed by atoms with Gasteiger partial charge in [-0.05, 0) is 54.0 Å². The van der Waals surface area contributed by atoms with Crippen LogP contribution in [0.5, 0.6) is 11.5 Å². The lowest BCUT2D eigenvalue weighted by Crippen LogP contribution is -2.00. The number of carbonyl (C=O) groups is 1. The third-order valence-corrected chi connectivity index (χ3v) is 5.41. The minimum Gasteiger partial charge on any atom is -0.489 e. The monoisotopic (exact) mass is 465 g/mol. The summed E-state index contributed by atoms with van der Waals surface area (Å²) in [6, 6.07) is 17.2. The van der Waals surface area contributed by atoms with Crippen molar-refractivity contribution in [1.82, 2.24) is 0 Å². The maximum atomic E-state index is 12.8. The van der Waals surface area contributed by atoms with E-state index in [1.165, 1.54) is 12.1 Å². The summed E-state index contributed by atoms with van der Waals surface area (Å²) >= 11 is 3.47. The van der Waals surface area contributed by atoms with Gasteiger partial charge in [-0.15, -0.1) is 0 Å². The number of hydrogen-bond acceptors (Lipinski definition) is 5. The largest absolute Gasteiger partial charge is 0.489 e. The van der Waals surface area contributed by atoms with Crippen molar-refractivity contribution in [2.45, 2.75) is 13.5 Å². The Bertz CT molecular complexity index is 1180. The number of nitro groups is 1. The third-order valence-electron chi connectivity index (χ3n) is 4.69. The van der Waals surface area contributed by atoms with Crippen molar-refractivity contribution in [2.24, 2.45) is 0 Å². The fourth-order valence-corrected chi connectivity index (χ4v) is 3.57. The van der Waals surface area contributed by atoms with Crippen LogP contribution in [0, 0.1) is 17.0 Å². The molecular formula is C23H16BrNO5. The molecule has 3 aromatic rings. The second kappa shape index (κ2) is 8.12. The van der Waals surface area contributed by atoms with Gasteiger partial charge in [-0.3, -0.25) is 14.9 Å². The highest BCUT2D eigenvalue weighted by molar-refractivity contribution is 9.10. The molecule has 0 aliphatic carbocycles. The zero-order valence-electron chi connectivity index (χ0n) is 15.9. The van der Waals surface area contributed by atoms with Crippen molar-refractivity contribution < 1.29 is 19.2 Å². The van der Waals surface area contributed by atoms with Crippen LogP contribution in [0.15, 0.2) is 70.9 Å². The van der Waals surface area contributed by atoms with E-state index in [9.17, 15) is 14.9 Å². The molecule has 0 aromatic heterocycles. The lowest BCUT2D eigenvalue weighted by molar-refractivity contribution is -0.384. The molecule has 0 saturated heterocycles. The fraction of sp³-hybridized carbons (Fsp3) is 0.0870. The number of aryl methyl sites for hydroxylation is 1. The highest BCUT2D eigenvalue weighted by Gasteiger charge is 2.30. The second-order valence-electron chi connectivity index (χ2n) is 6.79. The van der Waals surface area contributed by atoms with Gasteiger partial charge in [-0.25, -0.2) is 0 Å². The number of benzene rings is 3. The molecular weight excluding hydrogens is 450 g/mol. The number of ketones is 1. The number of nitro benzene ring substituents is 1. The Balaban J connectivity index is 1.54. The molecule has 0 spiro atoms. The SMILES string of the molecule is Cc1cc(OCc2ccc([N+](=O)[O-])cc2)cc2c1C(=O)/C(=C/c1ccccc1Br)O2. The van der Waals surface area contributed by atoms with E-state index >= 15 is 0 Å². The molecule has 0 amide bonds. The number of fused-ring (bicyclic) bond motifs is 1. The summed E-state index contributed by atoms with van der Waals surface area (Å²) in [5.74, 6) is 1.10. The number of hydrogen-bond donors (Lipinski definition) is 0. The quantitative estimate of drug-likeness (QED) is 0.267. The summed E-state index contributed by atoms with van der Waals surface area (Å²) in [4.78, 5) is 23.1. The first-order chi connectivity index (χ1) is 14.4. The zero-order chi connectivity index (χ0) is 21.3. The molecule has 30 heavy (non-hydrogen) atoms. The van der Waals surface area contributed by atoms with E-state index in [2.05, 4.69) is 15.9 Å². The van der Waals surface area contributed by atoms with Gasteiger partial charge in [0.1, 0.15) is 18.1 Å². The summed E-state index contributed by atoms with van der Waals surface area (Å²) < 4.78 is 12.5. The van der Waals surface area contributed by atoms with Gasteiger partial charge in [0.15, 0.2) is 5.76 Å². The molecule has 0 atom stereocenters. The first kappa shape index (κ1) is 19.8. The van der Waals surface area contributed by atoms with Gasteiger partial charge in [-0.2, -0.15) is 0 Å². The molecule has 3 aromatic carbocycles. The average Bonchev–Trinajstić information content (AvgIpc) is 3.04. The molecule has 150 valence electrons. The number of rotatable bonds is 5. The number of carbonyl (C=O) groups excluding carboxylic acids is 1.